The van der Waals surface area contributed by atoms with Gasteiger partial charge in [-0.3, -0.25) is 4.90 Å². The Morgan fingerprint density at radius 1 is 0.931 bits per heavy atom. The van der Waals surface area contributed by atoms with Gasteiger partial charge in [0.25, 0.3) is 0 Å². The van der Waals surface area contributed by atoms with E-state index in [4.69, 9.17) is 4.42 Å². The standard InChI is InChI=1S/C23H25NO2S3/c1-3-11-24(16-19-17(2)10-14-27-19)15-18-8-9-20(26-18)23(25,21-6-4-12-28-21)22-7-5-13-29-22/h4-10,12-14,25H,3,11,15-16H2,1-2H3. The van der Waals surface area contributed by atoms with Gasteiger partial charge < -0.3 is 9.52 Å². The highest BCUT2D eigenvalue weighted by Crippen LogP contribution is 2.41. The highest BCUT2D eigenvalue weighted by atomic mass is 32.1. The molecule has 0 aromatic carbocycles. The number of aliphatic hydroxyl groups is 1. The summed E-state index contributed by atoms with van der Waals surface area (Å²) in [5.41, 5.74) is 0.113. The molecule has 4 aromatic heterocycles. The van der Waals surface area contributed by atoms with Crippen LogP contribution in [0.4, 0.5) is 0 Å². The van der Waals surface area contributed by atoms with Gasteiger partial charge in [0.05, 0.1) is 6.54 Å². The van der Waals surface area contributed by atoms with Crippen LogP contribution in [-0.4, -0.2) is 16.6 Å². The van der Waals surface area contributed by atoms with Crippen LogP contribution in [0.15, 0.2) is 63.0 Å². The van der Waals surface area contributed by atoms with Gasteiger partial charge >= 0.3 is 0 Å². The van der Waals surface area contributed by atoms with Crippen LogP contribution in [0.2, 0.25) is 0 Å². The third-order valence-electron chi connectivity index (χ3n) is 5.03. The summed E-state index contributed by atoms with van der Waals surface area (Å²) in [6.45, 7) is 7.04. The van der Waals surface area contributed by atoms with Crippen molar-refractivity contribution in [3.63, 3.8) is 0 Å². The molecule has 0 saturated heterocycles. The molecule has 4 aromatic rings. The summed E-state index contributed by atoms with van der Waals surface area (Å²) in [4.78, 5) is 5.57. The van der Waals surface area contributed by atoms with E-state index in [2.05, 4.69) is 30.2 Å². The van der Waals surface area contributed by atoms with Gasteiger partial charge in [-0.2, -0.15) is 0 Å². The molecule has 0 radical (unpaired) electrons. The van der Waals surface area contributed by atoms with E-state index in [-0.39, 0.29) is 0 Å². The minimum atomic E-state index is -1.24. The SMILES string of the molecule is CCCN(Cc1ccc(C(O)(c2cccs2)c2cccs2)o1)Cc1sccc1C. The van der Waals surface area contributed by atoms with Gasteiger partial charge in [0, 0.05) is 21.2 Å². The lowest BCUT2D eigenvalue weighted by molar-refractivity contribution is 0.102. The molecule has 0 spiro atoms. The van der Waals surface area contributed by atoms with E-state index in [0.29, 0.717) is 5.76 Å². The van der Waals surface area contributed by atoms with E-state index in [0.717, 1.165) is 41.6 Å². The Kier molecular flexibility index (Phi) is 6.37. The minimum Gasteiger partial charge on any atom is -0.461 e. The van der Waals surface area contributed by atoms with Crippen LogP contribution in [0.5, 0.6) is 0 Å². The van der Waals surface area contributed by atoms with Crippen LogP contribution in [0, 0.1) is 6.92 Å². The zero-order chi connectivity index (χ0) is 20.3. The fourth-order valence-electron chi connectivity index (χ4n) is 3.51. The molecule has 6 heteroatoms. The van der Waals surface area contributed by atoms with Crippen LogP contribution < -0.4 is 0 Å². The largest absolute Gasteiger partial charge is 0.461 e. The van der Waals surface area contributed by atoms with Gasteiger partial charge in [-0.15, -0.1) is 34.0 Å². The molecule has 0 unspecified atom stereocenters. The number of hydrogen-bond donors (Lipinski definition) is 1. The average molecular weight is 444 g/mol. The van der Waals surface area contributed by atoms with Gasteiger partial charge in [0.1, 0.15) is 11.5 Å². The maximum Gasteiger partial charge on any atom is 0.191 e. The molecule has 4 rings (SSSR count). The van der Waals surface area contributed by atoms with E-state index in [1.807, 2.05) is 58.5 Å². The van der Waals surface area contributed by atoms with Crippen LogP contribution in [-0.2, 0) is 18.7 Å². The monoisotopic (exact) mass is 443 g/mol. The summed E-state index contributed by atoms with van der Waals surface area (Å²) >= 11 is 4.90. The normalized spacial score (nSPS) is 12.1. The molecule has 0 atom stereocenters. The van der Waals surface area contributed by atoms with E-state index in [1.165, 1.54) is 10.4 Å². The van der Waals surface area contributed by atoms with Gasteiger partial charge in [-0.25, -0.2) is 0 Å². The zero-order valence-electron chi connectivity index (χ0n) is 16.6. The van der Waals surface area contributed by atoms with Crippen molar-refractivity contribution in [3.05, 3.63) is 90.3 Å². The summed E-state index contributed by atoms with van der Waals surface area (Å²) in [5.74, 6) is 1.47. The summed E-state index contributed by atoms with van der Waals surface area (Å²) in [7, 11) is 0. The van der Waals surface area contributed by atoms with Crippen molar-refractivity contribution in [2.24, 2.45) is 0 Å². The Morgan fingerprint density at radius 2 is 1.66 bits per heavy atom. The number of nitrogens with zero attached hydrogens (tertiary/aromatic N) is 1. The highest BCUT2D eigenvalue weighted by molar-refractivity contribution is 7.11. The average Bonchev–Trinajstić information content (AvgIpc) is 3.50. The molecule has 0 fully saturated rings. The van der Waals surface area contributed by atoms with E-state index < -0.39 is 5.60 Å². The predicted molar refractivity (Wildman–Crippen MR) is 123 cm³/mol. The third kappa shape index (κ3) is 4.27. The Morgan fingerprint density at radius 3 is 2.21 bits per heavy atom. The molecule has 1 N–H and O–H groups in total. The van der Waals surface area contributed by atoms with Crippen LogP contribution in [0.25, 0.3) is 0 Å². The van der Waals surface area contributed by atoms with Crippen LogP contribution in [0.1, 0.15) is 45.1 Å². The summed E-state index contributed by atoms with van der Waals surface area (Å²) < 4.78 is 6.25. The van der Waals surface area contributed by atoms with Crippen molar-refractivity contribution < 1.29 is 9.52 Å². The molecule has 0 aliphatic heterocycles. The van der Waals surface area contributed by atoms with Crippen molar-refractivity contribution in [3.8, 4) is 0 Å². The van der Waals surface area contributed by atoms with Crippen LogP contribution >= 0.6 is 34.0 Å². The third-order valence-corrected chi connectivity index (χ3v) is 7.99. The van der Waals surface area contributed by atoms with E-state index >= 15 is 0 Å². The van der Waals surface area contributed by atoms with Gasteiger partial charge in [-0.05, 0) is 71.9 Å². The first-order valence-electron chi connectivity index (χ1n) is 9.76. The maximum atomic E-state index is 11.7. The number of thiophene rings is 3. The van der Waals surface area contributed by atoms with Gasteiger partial charge in [0.2, 0.25) is 0 Å². The molecule has 29 heavy (non-hydrogen) atoms. The number of aryl methyl sites for hydroxylation is 1. The smallest absolute Gasteiger partial charge is 0.191 e. The van der Waals surface area contributed by atoms with Crippen molar-refractivity contribution in [2.45, 2.75) is 39.0 Å². The molecule has 0 bridgehead atoms. The van der Waals surface area contributed by atoms with Gasteiger partial charge in [0.15, 0.2) is 5.60 Å². The van der Waals surface area contributed by atoms with Crippen molar-refractivity contribution in [1.82, 2.24) is 4.90 Å². The van der Waals surface area contributed by atoms with Crippen molar-refractivity contribution in [1.29, 1.82) is 0 Å². The predicted octanol–water partition coefficient (Wildman–Crippen LogP) is 6.47. The molecule has 0 aliphatic carbocycles. The zero-order valence-corrected chi connectivity index (χ0v) is 19.1. The van der Waals surface area contributed by atoms with E-state index in [9.17, 15) is 5.11 Å². The topological polar surface area (TPSA) is 36.6 Å². The first kappa shape index (κ1) is 20.6. The maximum absolute atomic E-state index is 11.7. The summed E-state index contributed by atoms with van der Waals surface area (Å²) in [5, 5.41) is 17.8. The Balaban J connectivity index is 1.60. The first-order chi connectivity index (χ1) is 14.1. The quantitative estimate of drug-likeness (QED) is 0.322. The minimum absolute atomic E-state index is 0.584. The summed E-state index contributed by atoms with van der Waals surface area (Å²) in [6, 6.07) is 14.0. The second-order valence-corrected chi connectivity index (χ2v) is 10.1. The lowest BCUT2D eigenvalue weighted by Crippen LogP contribution is -2.26. The number of hydrogen-bond acceptors (Lipinski definition) is 6. The second-order valence-electron chi connectivity index (χ2n) is 7.17. The Labute approximate surface area is 183 Å². The fourth-order valence-corrected chi connectivity index (χ4v) is 6.21. The first-order valence-corrected chi connectivity index (χ1v) is 12.4. The van der Waals surface area contributed by atoms with Crippen molar-refractivity contribution >= 4 is 34.0 Å². The Hall–Kier alpha value is -1.70. The van der Waals surface area contributed by atoms with Crippen molar-refractivity contribution in [2.75, 3.05) is 6.54 Å². The summed E-state index contributed by atoms with van der Waals surface area (Å²) in [6.07, 6.45) is 1.09. The molecule has 4 heterocycles. The molecular formula is C23H25NO2S3. The lowest BCUT2D eigenvalue weighted by Gasteiger charge is -2.24. The highest BCUT2D eigenvalue weighted by Gasteiger charge is 2.39. The van der Waals surface area contributed by atoms with E-state index in [1.54, 1.807) is 22.7 Å². The molecule has 0 amide bonds. The molecule has 152 valence electrons. The molecule has 0 saturated carbocycles. The number of furan rings is 1. The van der Waals surface area contributed by atoms with Crippen LogP contribution in [0.3, 0.4) is 0 Å². The lowest BCUT2D eigenvalue weighted by atomic mass is 9.97. The number of rotatable bonds is 9. The fraction of sp³-hybridized carbons (Fsp3) is 0.304. The molecular weight excluding hydrogens is 418 g/mol. The molecule has 0 aliphatic rings. The second kappa shape index (κ2) is 8.98. The van der Waals surface area contributed by atoms with Gasteiger partial charge in [-0.1, -0.05) is 19.1 Å². The molecule has 3 nitrogen and oxygen atoms in total. The Bertz CT molecular complexity index is 980.